The predicted molar refractivity (Wildman–Crippen MR) is 175 cm³/mol. The van der Waals surface area contributed by atoms with Gasteiger partial charge >= 0.3 is 6.03 Å². The SMILES string of the molecule is CCOc1ccc(NC(=O)NCCCCN(CCCc2ccc(OC)cc2)CCNC(=O)c2nc(Cl)c(N)nc2N)cc1Cl. The number of amides is 3. The van der Waals surface area contributed by atoms with Gasteiger partial charge in [0.25, 0.3) is 5.91 Å². The largest absolute Gasteiger partial charge is 0.497 e. The molecule has 0 radical (unpaired) electrons. The second-order valence-electron chi connectivity index (χ2n) is 9.85. The Balaban J connectivity index is 1.46. The fraction of sp³-hybridized carbons (Fsp3) is 0.400. The lowest BCUT2D eigenvalue weighted by molar-refractivity contribution is 0.0943. The van der Waals surface area contributed by atoms with Gasteiger partial charge in [-0.15, -0.1) is 0 Å². The Hall–Kier alpha value is -4.00. The minimum absolute atomic E-state index is 0.0312. The van der Waals surface area contributed by atoms with Crippen molar-refractivity contribution in [2.45, 2.75) is 32.6 Å². The maximum absolute atomic E-state index is 12.6. The number of methoxy groups -OCH3 is 1. The number of carbonyl (C=O) groups excluding carboxylic acids is 2. The van der Waals surface area contributed by atoms with Crippen molar-refractivity contribution < 1.29 is 19.1 Å². The highest BCUT2D eigenvalue weighted by Crippen LogP contribution is 2.27. The molecule has 2 aromatic carbocycles. The summed E-state index contributed by atoms with van der Waals surface area (Å²) in [5.74, 6) is 0.809. The van der Waals surface area contributed by atoms with Crippen LogP contribution in [0, 0.1) is 0 Å². The number of nitrogens with two attached hydrogens (primary N) is 2. The van der Waals surface area contributed by atoms with Crippen molar-refractivity contribution >= 4 is 52.5 Å². The zero-order valence-electron chi connectivity index (χ0n) is 25.0. The fourth-order valence-electron chi connectivity index (χ4n) is 4.34. The lowest BCUT2D eigenvalue weighted by Gasteiger charge is -2.22. The number of anilines is 3. The van der Waals surface area contributed by atoms with Gasteiger partial charge in [-0.3, -0.25) is 4.79 Å². The van der Waals surface area contributed by atoms with Gasteiger partial charge < -0.3 is 41.8 Å². The highest BCUT2D eigenvalue weighted by atomic mass is 35.5. The van der Waals surface area contributed by atoms with Gasteiger partial charge in [0, 0.05) is 25.3 Å². The normalized spacial score (nSPS) is 10.8. The summed E-state index contributed by atoms with van der Waals surface area (Å²) in [6.07, 6.45) is 3.45. The van der Waals surface area contributed by atoms with Gasteiger partial charge in [0.2, 0.25) is 0 Å². The van der Waals surface area contributed by atoms with E-state index in [4.69, 9.17) is 44.1 Å². The molecular weight excluding hydrogens is 607 g/mol. The van der Waals surface area contributed by atoms with E-state index in [-0.39, 0.29) is 28.5 Å². The number of unbranched alkanes of at least 4 members (excludes halogenated alkanes) is 1. The van der Waals surface area contributed by atoms with Crippen LogP contribution in [0.25, 0.3) is 0 Å². The molecule has 0 saturated carbocycles. The Labute approximate surface area is 267 Å². The molecule has 44 heavy (non-hydrogen) atoms. The van der Waals surface area contributed by atoms with Crippen LogP contribution in [0.4, 0.5) is 22.1 Å². The molecule has 0 bridgehead atoms. The number of halogens is 2. The average Bonchev–Trinajstić information content (AvgIpc) is 3.00. The summed E-state index contributed by atoms with van der Waals surface area (Å²) < 4.78 is 10.7. The number of rotatable bonds is 17. The molecule has 3 aromatic rings. The van der Waals surface area contributed by atoms with Crippen LogP contribution >= 0.6 is 23.2 Å². The summed E-state index contributed by atoms with van der Waals surface area (Å²) in [5, 5.41) is 8.85. The van der Waals surface area contributed by atoms with Gasteiger partial charge in [0.15, 0.2) is 22.5 Å². The summed E-state index contributed by atoms with van der Waals surface area (Å²) in [4.78, 5) is 35.1. The molecule has 1 aromatic heterocycles. The fourth-order valence-corrected chi connectivity index (χ4v) is 4.70. The first kappa shape index (κ1) is 34.5. The number of aromatic nitrogens is 2. The highest BCUT2D eigenvalue weighted by molar-refractivity contribution is 6.32. The third kappa shape index (κ3) is 11.3. The Bertz CT molecular complexity index is 1380. The first-order valence-electron chi connectivity index (χ1n) is 14.4. The molecule has 0 spiro atoms. The Morgan fingerprint density at radius 1 is 0.909 bits per heavy atom. The van der Waals surface area contributed by atoms with Crippen molar-refractivity contribution in [2.24, 2.45) is 0 Å². The summed E-state index contributed by atoms with van der Waals surface area (Å²) in [7, 11) is 1.65. The molecule has 0 aliphatic heterocycles. The van der Waals surface area contributed by atoms with E-state index in [1.807, 2.05) is 19.1 Å². The minimum atomic E-state index is -0.473. The van der Waals surface area contributed by atoms with Gasteiger partial charge in [-0.2, -0.15) is 0 Å². The molecule has 0 saturated heterocycles. The second kappa shape index (κ2) is 18.0. The number of benzene rings is 2. The van der Waals surface area contributed by atoms with Crippen LogP contribution in [0.5, 0.6) is 11.5 Å². The molecular formula is C30H40Cl2N8O4. The lowest BCUT2D eigenvalue weighted by atomic mass is 10.1. The number of ether oxygens (including phenoxy) is 2. The summed E-state index contributed by atoms with van der Waals surface area (Å²) in [6.45, 7) is 5.47. The van der Waals surface area contributed by atoms with Crippen molar-refractivity contribution in [3.05, 3.63) is 63.9 Å². The number of hydrogen-bond donors (Lipinski definition) is 5. The average molecular weight is 648 g/mol. The number of nitrogens with one attached hydrogen (secondary N) is 3. The molecule has 12 nitrogen and oxygen atoms in total. The Kier molecular flexibility index (Phi) is 14.1. The van der Waals surface area contributed by atoms with E-state index in [2.05, 4.69) is 43.0 Å². The quantitative estimate of drug-likeness (QED) is 0.131. The molecule has 238 valence electrons. The number of nitrogen functional groups attached to an aromatic ring is 2. The number of aryl methyl sites for hydroxylation is 1. The summed E-state index contributed by atoms with van der Waals surface area (Å²) in [6, 6.07) is 12.8. The van der Waals surface area contributed by atoms with E-state index in [0.717, 1.165) is 44.5 Å². The van der Waals surface area contributed by atoms with Crippen LogP contribution in [0.2, 0.25) is 10.2 Å². The molecule has 3 rings (SSSR count). The monoisotopic (exact) mass is 646 g/mol. The number of nitrogens with zero attached hydrogens (tertiary/aromatic N) is 3. The maximum atomic E-state index is 12.6. The zero-order chi connectivity index (χ0) is 31.9. The molecule has 14 heteroatoms. The van der Waals surface area contributed by atoms with Crippen molar-refractivity contribution in [3.8, 4) is 11.5 Å². The predicted octanol–water partition coefficient (Wildman–Crippen LogP) is 4.62. The molecule has 7 N–H and O–H groups in total. The van der Waals surface area contributed by atoms with Crippen LogP contribution in [0.15, 0.2) is 42.5 Å². The molecule has 1 heterocycles. The van der Waals surface area contributed by atoms with E-state index < -0.39 is 5.91 Å². The van der Waals surface area contributed by atoms with Crippen LogP contribution < -0.4 is 36.9 Å². The lowest BCUT2D eigenvalue weighted by Crippen LogP contribution is -2.37. The van der Waals surface area contributed by atoms with Crippen molar-refractivity contribution in [1.29, 1.82) is 0 Å². The summed E-state index contributed by atoms with van der Waals surface area (Å²) in [5.41, 5.74) is 13.1. The van der Waals surface area contributed by atoms with E-state index >= 15 is 0 Å². The van der Waals surface area contributed by atoms with E-state index in [1.165, 1.54) is 5.56 Å². The maximum Gasteiger partial charge on any atom is 0.319 e. The molecule has 0 atom stereocenters. The first-order chi connectivity index (χ1) is 21.2. The smallest absolute Gasteiger partial charge is 0.319 e. The van der Waals surface area contributed by atoms with Crippen molar-refractivity contribution in [1.82, 2.24) is 25.5 Å². The topological polar surface area (TPSA) is 170 Å². The Morgan fingerprint density at radius 3 is 2.36 bits per heavy atom. The minimum Gasteiger partial charge on any atom is -0.497 e. The van der Waals surface area contributed by atoms with Crippen molar-refractivity contribution in [3.63, 3.8) is 0 Å². The number of hydrogen-bond acceptors (Lipinski definition) is 9. The number of carbonyl (C=O) groups is 2. The molecule has 0 unspecified atom stereocenters. The Morgan fingerprint density at radius 2 is 1.66 bits per heavy atom. The zero-order valence-corrected chi connectivity index (χ0v) is 26.5. The highest BCUT2D eigenvalue weighted by Gasteiger charge is 2.16. The van der Waals surface area contributed by atoms with Gasteiger partial charge in [-0.25, -0.2) is 14.8 Å². The van der Waals surface area contributed by atoms with E-state index in [0.29, 0.717) is 42.7 Å². The van der Waals surface area contributed by atoms with Crippen LogP contribution in [0.3, 0.4) is 0 Å². The van der Waals surface area contributed by atoms with E-state index in [1.54, 1.807) is 25.3 Å². The third-order valence-corrected chi connectivity index (χ3v) is 7.18. The van der Waals surface area contributed by atoms with Gasteiger partial charge in [0.1, 0.15) is 11.5 Å². The molecule has 0 aliphatic carbocycles. The third-order valence-electron chi connectivity index (χ3n) is 6.61. The standard InChI is InChI=1S/C30H40Cl2N8O4/c1-3-44-24-13-10-21(19-23(24)31)37-30(42)36-14-4-5-16-40(17-6-7-20-8-11-22(43-2)12-9-20)18-15-35-29(41)25-27(33)39-28(34)26(32)38-25/h8-13,19H,3-7,14-18H2,1-2H3,(H,35,41)(H4,33,34,39)(H2,36,37,42). The van der Waals surface area contributed by atoms with E-state index in [9.17, 15) is 9.59 Å². The first-order valence-corrected chi connectivity index (χ1v) is 15.1. The molecule has 0 fully saturated rings. The summed E-state index contributed by atoms with van der Waals surface area (Å²) >= 11 is 12.1. The van der Waals surface area contributed by atoms with Crippen molar-refractivity contribution in [2.75, 3.05) is 63.2 Å². The van der Waals surface area contributed by atoms with Gasteiger partial charge in [-0.05, 0) is 81.6 Å². The second-order valence-corrected chi connectivity index (χ2v) is 10.6. The van der Waals surface area contributed by atoms with Gasteiger partial charge in [-0.1, -0.05) is 35.3 Å². The van der Waals surface area contributed by atoms with Gasteiger partial charge in [0.05, 0.1) is 18.7 Å². The molecule has 0 aliphatic rings. The number of urea groups is 1. The molecule has 3 amide bonds. The van der Waals surface area contributed by atoms with Crippen LogP contribution in [-0.4, -0.2) is 73.2 Å². The van der Waals surface area contributed by atoms with Crippen LogP contribution in [0.1, 0.15) is 42.2 Å². The van der Waals surface area contributed by atoms with Crippen LogP contribution in [-0.2, 0) is 6.42 Å².